The van der Waals surface area contributed by atoms with Gasteiger partial charge in [-0.05, 0) is 68.1 Å². The zero-order valence-electron chi connectivity index (χ0n) is 10.9. The molecule has 88 valence electrons. The van der Waals surface area contributed by atoms with Gasteiger partial charge in [-0.15, -0.1) is 0 Å². The highest BCUT2D eigenvalue weighted by Crippen LogP contribution is 2.57. The molecule has 15 heavy (non-hydrogen) atoms. The van der Waals surface area contributed by atoms with Gasteiger partial charge in [-0.25, -0.2) is 0 Å². The normalized spacial score (nSPS) is 27.2. The van der Waals surface area contributed by atoms with Crippen molar-refractivity contribution in [2.24, 2.45) is 23.2 Å². The Morgan fingerprint density at radius 2 is 1.67 bits per heavy atom. The van der Waals surface area contributed by atoms with Crippen molar-refractivity contribution in [2.75, 3.05) is 0 Å². The first kappa shape index (κ1) is 11.5. The molecule has 2 aliphatic rings. The fourth-order valence-corrected chi connectivity index (χ4v) is 3.54. The van der Waals surface area contributed by atoms with E-state index in [1.54, 1.807) is 38.5 Å². The first-order chi connectivity index (χ1) is 7.15. The van der Waals surface area contributed by atoms with Crippen molar-refractivity contribution < 1.29 is 0 Å². The van der Waals surface area contributed by atoms with Crippen molar-refractivity contribution in [1.29, 1.82) is 0 Å². The first-order valence-electron chi connectivity index (χ1n) is 7.15. The van der Waals surface area contributed by atoms with Crippen LogP contribution in [0.2, 0.25) is 0 Å². The van der Waals surface area contributed by atoms with E-state index in [1.807, 2.05) is 0 Å². The molecular formula is C15H28. The molecule has 0 aromatic heterocycles. The predicted molar refractivity (Wildman–Crippen MR) is 66.9 cm³/mol. The molecule has 2 rings (SSSR count). The van der Waals surface area contributed by atoms with E-state index in [1.165, 1.54) is 12.8 Å². The van der Waals surface area contributed by atoms with E-state index in [0.717, 1.165) is 23.2 Å². The van der Waals surface area contributed by atoms with Crippen LogP contribution in [0.25, 0.3) is 0 Å². The summed E-state index contributed by atoms with van der Waals surface area (Å²) in [5.41, 5.74) is 0.885. The van der Waals surface area contributed by atoms with Crippen LogP contribution in [-0.2, 0) is 0 Å². The standard InChI is InChI=1S/C15H28/c1-4-14(12(2)3)11-13-5-7-15(8-6-13)9-10-15/h12-14H,4-11H2,1-3H3. The smallest absolute Gasteiger partial charge is 0.0297 e. The Labute approximate surface area is 95.8 Å². The molecule has 0 nitrogen and oxygen atoms in total. The fourth-order valence-electron chi connectivity index (χ4n) is 3.54. The molecule has 0 aromatic carbocycles. The maximum Gasteiger partial charge on any atom is -0.0297 e. The van der Waals surface area contributed by atoms with Gasteiger partial charge in [-0.1, -0.05) is 27.2 Å². The van der Waals surface area contributed by atoms with E-state index in [9.17, 15) is 0 Å². The van der Waals surface area contributed by atoms with Crippen molar-refractivity contribution in [2.45, 2.75) is 72.1 Å². The highest BCUT2D eigenvalue weighted by atomic mass is 14.5. The van der Waals surface area contributed by atoms with Crippen LogP contribution >= 0.6 is 0 Å². The highest BCUT2D eigenvalue weighted by Gasteiger charge is 2.44. The lowest BCUT2D eigenvalue weighted by molar-refractivity contribution is 0.199. The van der Waals surface area contributed by atoms with Crippen LogP contribution in [0.15, 0.2) is 0 Å². The van der Waals surface area contributed by atoms with Crippen molar-refractivity contribution in [3.63, 3.8) is 0 Å². The second kappa shape index (κ2) is 4.47. The Morgan fingerprint density at radius 1 is 1.07 bits per heavy atom. The maximum atomic E-state index is 2.40. The third-order valence-corrected chi connectivity index (χ3v) is 5.23. The third-order valence-electron chi connectivity index (χ3n) is 5.23. The molecule has 1 unspecified atom stereocenters. The number of hydrogen-bond acceptors (Lipinski definition) is 0. The average Bonchev–Trinajstić information content (AvgIpc) is 2.97. The van der Waals surface area contributed by atoms with Gasteiger partial charge in [0.25, 0.3) is 0 Å². The van der Waals surface area contributed by atoms with Gasteiger partial charge in [0.15, 0.2) is 0 Å². The molecule has 0 aromatic rings. The van der Waals surface area contributed by atoms with Crippen molar-refractivity contribution in [3.8, 4) is 0 Å². The van der Waals surface area contributed by atoms with Gasteiger partial charge in [0, 0.05) is 0 Å². The molecule has 0 saturated heterocycles. The molecule has 0 heteroatoms. The summed E-state index contributed by atoms with van der Waals surface area (Å²) in [6.45, 7) is 7.18. The van der Waals surface area contributed by atoms with Gasteiger partial charge in [0.05, 0.1) is 0 Å². The van der Waals surface area contributed by atoms with Crippen molar-refractivity contribution in [3.05, 3.63) is 0 Å². The second-order valence-electron chi connectivity index (χ2n) is 6.59. The Bertz CT molecular complexity index is 190. The van der Waals surface area contributed by atoms with Crippen molar-refractivity contribution in [1.82, 2.24) is 0 Å². The van der Waals surface area contributed by atoms with Crippen LogP contribution in [0.4, 0.5) is 0 Å². The van der Waals surface area contributed by atoms with Gasteiger partial charge in [-0.3, -0.25) is 0 Å². The molecule has 0 bridgehead atoms. The minimum Gasteiger partial charge on any atom is -0.0651 e. The highest BCUT2D eigenvalue weighted by molar-refractivity contribution is 4.96. The predicted octanol–water partition coefficient (Wildman–Crippen LogP) is 5.03. The molecule has 2 saturated carbocycles. The van der Waals surface area contributed by atoms with Gasteiger partial charge in [0.2, 0.25) is 0 Å². The maximum absolute atomic E-state index is 2.40. The van der Waals surface area contributed by atoms with E-state index in [2.05, 4.69) is 20.8 Å². The molecule has 2 aliphatic carbocycles. The fraction of sp³-hybridized carbons (Fsp3) is 1.00. The van der Waals surface area contributed by atoms with Gasteiger partial charge >= 0.3 is 0 Å². The second-order valence-corrected chi connectivity index (χ2v) is 6.59. The Hall–Kier alpha value is 0. The molecule has 2 fully saturated rings. The van der Waals surface area contributed by atoms with E-state index in [-0.39, 0.29) is 0 Å². The number of rotatable bonds is 4. The van der Waals surface area contributed by atoms with Gasteiger partial charge in [-0.2, -0.15) is 0 Å². The monoisotopic (exact) mass is 208 g/mol. The zero-order valence-corrected chi connectivity index (χ0v) is 10.9. The molecule has 0 amide bonds. The minimum atomic E-state index is 0.885. The summed E-state index contributed by atoms with van der Waals surface area (Å²) in [5, 5.41) is 0. The number of hydrogen-bond donors (Lipinski definition) is 0. The Morgan fingerprint density at radius 3 is 2.07 bits per heavy atom. The van der Waals surface area contributed by atoms with Crippen LogP contribution < -0.4 is 0 Å². The largest absolute Gasteiger partial charge is 0.0651 e. The third kappa shape index (κ3) is 2.77. The zero-order chi connectivity index (χ0) is 10.9. The molecule has 0 aliphatic heterocycles. The first-order valence-corrected chi connectivity index (χ1v) is 7.15. The van der Waals surface area contributed by atoms with E-state index < -0.39 is 0 Å². The van der Waals surface area contributed by atoms with Gasteiger partial charge < -0.3 is 0 Å². The lowest BCUT2D eigenvalue weighted by Crippen LogP contribution is -2.20. The quantitative estimate of drug-likeness (QED) is 0.608. The van der Waals surface area contributed by atoms with E-state index in [4.69, 9.17) is 0 Å². The summed E-state index contributed by atoms with van der Waals surface area (Å²) < 4.78 is 0. The summed E-state index contributed by atoms with van der Waals surface area (Å²) in [6, 6.07) is 0. The molecule has 1 spiro atoms. The molecule has 1 atom stereocenters. The molecular weight excluding hydrogens is 180 g/mol. The summed E-state index contributed by atoms with van der Waals surface area (Å²) in [5.74, 6) is 2.96. The lowest BCUT2D eigenvalue weighted by atomic mass is 9.74. The topological polar surface area (TPSA) is 0 Å². The minimum absolute atomic E-state index is 0.885. The average molecular weight is 208 g/mol. The van der Waals surface area contributed by atoms with Crippen molar-refractivity contribution >= 4 is 0 Å². The van der Waals surface area contributed by atoms with Crippen LogP contribution in [0.3, 0.4) is 0 Å². The van der Waals surface area contributed by atoms with Crippen LogP contribution in [0, 0.1) is 23.2 Å². The molecule has 0 heterocycles. The lowest BCUT2D eigenvalue weighted by Gasteiger charge is -2.32. The van der Waals surface area contributed by atoms with E-state index >= 15 is 0 Å². The summed E-state index contributed by atoms with van der Waals surface area (Å²) in [7, 11) is 0. The van der Waals surface area contributed by atoms with Crippen LogP contribution in [-0.4, -0.2) is 0 Å². The van der Waals surface area contributed by atoms with Gasteiger partial charge in [0.1, 0.15) is 0 Å². The van der Waals surface area contributed by atoms with Crippen LogP contribution in [0.1, 0.15) is 72.1 Å². The molecule has 0 N–H and O–H groups in total. The summed E-state index contributed by atoms with van der Waals surface area (Å²) >= 11 is 0. The Balaban J connectivity index is 1.75. The Kier molecular flexibility index (Phi) is 3.42. The van der Waals surface area contributed by atoms with E-state index in [0.29, 0.717) is 0 Å². The summed E-state index contributed by atoms with van der Waals surface area (Å²) in [4.78, 5) is 0. The SMILES string of the molecule is CCC(CC1CCC2(CC1)CC2)C(C)C. The molecule has 0 radical (unpaired) electrons. The summed E-state index contributed by atoms with van der Waals surface area (Å²) in [6.07, 6.45) is 12.2. The van der Waals surface area contributed by atoms with Crippen LogP contribution in [0.5, 0.6) is 0 Å².